The van der Waals surface area contributed by atoms with Crippen LogP contribution in [0, 0.1) is 0 Å². The van der Waals surface area contributed by atoms with Gasteiger partial charge in [-0.3, -0.25) is 4.79 Å². The third-order valence-electron chi connectivity index (χ3n) is 3.32. The van der Waals surface area contributed by atoms with Gasteiger partial charge in [0, 0.05) is 17.9 Å². The predicted molar refractivity (Wildman–Crippen MR) is 91.3 cm³/mol. The lowest BCUT2D eigenvalue weighted by molar-refractivity contribution is -0.121. The first-order chi connectivity index (χ1) is 12.4. The zero-order valence-electron chi connectivity index (χ0n) is 14.1. The fourth-order valence-electron chi connectivity index (χ4n) is 2.07. The third-order valence-corrected chi connectivity index (χ3v) is 3.32. The van der Waals surface area contributed by atoms with Crippen molar-refractivity contribution < 1.29 is 29.3 Å². The second-order valence-corrected chi connectivity index (χ2v) is 5.32. The van der Waals surface area contributed by atoms with E-state index in [1.165, 1.54) is 12.1 Å². The minimum absolute atomic E-state index is 0.0742. The number of carbonyl (C=O) groups is 3. The van der Waals surface area contributed by atoms with Crippen LogP contribution in [0.3, 0.4) is 0 Å². The van der Waals surface area contributed by atoms with Crippen molar-refractivity contribution in [1.29, 1.82) is 0 Å². The van der Waals surface area contributed by atoms with E-state index in [9.17, 15) is 14.4 Å². The van der Waals surface area contributed by atoms with Crippen LogP contribution in [0.25, 0.3) is 10.4 Å². The summed E-state index contributed by atoms with van der Waals surface area (Å²) in [6.07, 6.45) is 2.53. The maximum absolute atomic E-state index is 11.6. The Balaban J connectivity index is 2.34. The number of hydrogen-bond donors (Lipinski definition) is 3. The average molecular weight is 364 g/mol. The van der Waals surface area contributed by atoms with E-state index < -0.39 is 11.9 Å². The minimum atomic E-state index is -1.26. The first kappa shape index (κ1) is 20.8. The smallest absolute Gasteiger partial charge is 0.335 e. The number of rotatable bonds is 12. The van der Waals surface area contributed by atoms with E-state index >= 15 is 0 Å². The molecule has 0 saturated heterocycles. The molecule has 1 aromatic rings. The van der Waals surface area contributed by atoms with E-state index in [1.807, 2.05) is 0 Å². The summed E-state index contributed by atoms with van der Waals surface area (Å²) in [6.45, 7) is 0.696. The van der Waals surface area contributed by atoms with Crippen molar-refractivity contribution >= 4 is 17.8 Å². The van der Waals surface area contributed by atoms with Crippen LogP contribution in [-0.4, -0.2) is 47.8 Å². The maximum Gasteiger partial charge on any atom is 0.335 e. The summed E-state index contributed by atoms with van der Waals surface area (Å²) in [5.74, 6) is -2.56. The summed E-state index contributed by atoms with van der Waals surface area (Å²) in [5.41, 5.74) is 7.74. The van der Waals surface area contributed by atoms with Gasteiger partial charge in [0.05, 0.1) is 17.7 Å². The highest BCUT2D eigenvalue weighted by Crippen LogP contribution is 2.17. The molecule has 0 unspecified atom stereocenters. The Bertz CT molecular complexity index is 668. The molecule has 1 rings (SSSR count). The van der Waals surface area contributed by atoms with Crippen molar-refractivity contribution in [2.45, 2.75) is 25.7 Å². The topological polar surface area (TPSA) is 162 Å². The highest BCUT2D eigenvalue weighted by Gasteiger charge is 2.12. The number of ether oxygens (including phenoxy) is 1. The highest BCUT2D eigenvalue weighted by atomic mass is 16.5. The van der Waals surface area contributed by atoms with Gasteiger partial charge < -0.3 is 20.3 Å². The van der Waals surface area contributed by atoms with Crippen molar-refractivity contribution in [3.8, 4) is 5.75 Å². The Labute approximate surface area is 149 Å². The molecule has 0 heterocycles. The number of hydrogen-bond acceptors (Lipinski definition) is 5. The van der Waals surface area contributed by atoms with E-state index in [0.29, 0.717) is 19.4 Å². The number of aromatic carboxylic acids is 2. The molecule has 3 N–H and O–H groups in total. The van der Waals surface area contributed by atoms with Gasteiger partial charge in [0.1, 0.15) is 12.4 Å². The van der Waals surface area contributed by atoms with Gasteiger partial charge in [-0.15, -0.1) is 0 Å². The Hall–Kier alpha value is -3.26. The molecular weight excluding hydrogens is 344 g/mol. The zero-order chi connectivity index (χ0) is 19.4. The molecule has 0 atom stereocenters. The lowest BCUT2D eigenvalue weighted by atomic mass is 10.1. The summed E-state index contributed by atoms with van der Waals surface area (Å²) in [4.78, 5) is 36.3. The molecule has 0 spiro atoms. The number of carboxylic acids is 2. The minimum Gasteiger partial charge on any atom is -0.492 e. The van der Waals surface area contributed by atoms with Crippen molar-refractivity contribution in [2.75, 3.05) is 19.7 Å². The quantitative estimate of drug-likeness (QED) is 0.223. The lowest BCUT2D eigenvalue weighted by Crippen LogP contribution is -2.27. The number of nitrogens with zero attached hydrogens (tertiary/aromatic N) is 3. The molecule has 0 bridgehead atoms. The Kier molecular flexibility index (Phi) is 9.05. The average Bonchev–Trinajstić information content (AvgIpc) is 2.61. The molecule has 0 aliphatic rings. The van der Waals surface area contributed by atoms with Gasteiger partial charge >= 0.3 is 11.9 Å². The zero-order valence-corrected chi connectivity index (χ0v) is 14.1. The summed E-state index contributed by atoms with van der Waals surface area (Å²) in [7, 11) is 0. The summed E-state index contributed by atoms with van der Waals surface area (Å²) in [5, 5.41) is 24.0. The van der Waals surface area contributed by atoms with E-state index in [1.54, 1.807) is 0 Å². The molecule has 1 aromatic carbocycles. The second kappa shape index (κ2) is 11.3. The monoisotopic (exact) mass is 364 g/mol. The van der Waals surface area contributed by atoms with E-state index in [0.717, 1.165) is 18.9 Å². The van der Waals surface area contributed by atoms with Gasteiger partial charge in [-0.1, -0.05) is 11.5 Å². The predicted octanol–water partition coefficient (Wildman–Crippen LogP) is 2.45. The standard InChI is InChI=1S/C16H20N4O6/c17-20-19-5-3-1-2-4-14(21)18-6-7-26-13-9-11(15(22)23)8-12(10-13)16(24)25/h8-10H,1-7H2,(H,18,21)(H,22,23)(H,24,25). The number of carboxylic acid groups (broad SMARTS) is 2. The fourth-order valence-corrected chi connectivity index (χ4v) is 2.07. The molecule has 1 amide bonds. The molecule has 140 valence electrons. The molecule has 0 aliphatic carbocycles. The van der Waals surface area contributed by atoms with Gasteiger partial charge in [-0.25, -0.2) is 9.59 Å². The summed E-state index contributed by atoms with van der Waals surface area (Å²) >= 11 is 0. The van der Waals surface area contributed by atoms with Gasteiger partial charge in [0.15, 0.2) is 0 Å². The lowest BCUT2D eigenvalue weighted by Gasteiger charge is -2.09. The van der Waals surface area contributed by atoms with Crippen LogP contribution in [0.4, 0.5) is 0 Å². The summed E-state index contributed by atoms with van der Waals surface area (Å²) < 4.78 is 5.32. The van der Waals surface area contributed by atoms with Crippen LogP contribution in [0.2, 0.25) is 0 Å². The van der Waals surface area contributed by atoms with Gasteiger partial charge in [-0.05, 0) is 36.6 Å². The Morgan fingerprint density at radius 1 is 1.08 bits per heavy atom. The van der Waals surface area contributed by atoms with Crippen LogP contribution in [-0.2, 0) is 4.79 Å². The van der Waals surface area contributed by atoms with Crippen molar-refractivity contribution in [2.24, 2.45) is 5.11 Å². The number of carbonyl (C=O) groups excluding carboxylic acids is 1. The molecule has 0 saturated carbocycles. The number of benzene rings is 1. The van der Waals surface area contributed by atoms with Crippen LogP contribution >= 0.6 is 0 Å². The third kappa shape index (κ3) is 8.02. The maximum atomic E-state index is 11.6. The van der Waals surface area contributed by atoms with Gasteiger partial charge in [-0.2, -0.15) is 0 Å². The molecule has 10 nitrogen and oxygen atoms in total. The molecule has 0 aliphatic heterocycles. The van der Waals surface area contributed by atoms with Gasteiger partial charge in [0.25, 0.3) is 0 Å². The fraction of sp³-hybridized carbons (Fsp3) is 0.438. The summed E-state index contributed by atoms with van der Waals surface area (Å²) in [6, 6.07) is 3.49. The van der Waals surface area contributed by atoms with Crippen LogP contribution in [0.1, 0.15) is 46.4 Å². The number of nitrogens with one attached hydrogen (secondary N) is 1. The number of azide groups is 1. The van der Waals surface area contributed by atoms with Crippen LogP contribution < -0.4 is 10.1 Å². The molecule has 10 heteroatoms. The van der Waals surface area contributed by atoms with Crippen molar-refractivity contribution in [3.63, 3.8) is 0 Å². The van der Waals surface area contributed by atoms with Crippen LogP contribution in [0.5, 0.6) is 5.75 Å². The number of unbranched alkanes of at least 4 members (excludes halogenated alkanes) is 2. The first-order valence-electron chi connectivity index (χ1n) is 7.96. The Morgan fingerprint density at radius 3 is 2.31 bits per heavy atom. The largest absolute Gasteiger partial charge is 0.492 e. The normalized spacial score (nSPS) is 9.85. The van der Waals surface area contributed by atoms with Gasteiger partial charge in [0.2, 0.25) is 5.91 Å². The number of amides is 1. The second-order valence-electron chi connectivity index (χ2n) is 5.32. The Morgan fingerprint density at radius 2 is 1.73 bits per heavy atom. The van der Waals surface area contributed by atoms with E-state index in [2.05, 4.69) is 15.3 Å². The molecule has 0 fully saturated rings. The first-order valence-corrected chi connectivity index (χ1v) is 7.96. The van der Waals surface area contributed by atoms with Crippen molar-refractivity contribution in [3.05, 3.63) is 39.8 Å². The van der Waals surface area contributed by atoms with E-state index in [4.69, 9.17) is 20.5 Å². The SMILES string of the molecule is [N-]=[N+]=NCCCCCC(=O)NCCOc1cc(C(=O)O)cc(C(=O)O)c1. The highest BCUT2D eigenvalue weighted by molar-refractivity contribution is 5.94. The van der Waals surface area contributed by atoms with Crippen molar-refractivity contribution in [1.82, 2.24) is 5.32 Å². The van der Waals surface area contributed by atoms with E-state index in [-0.39, 0.29) is 35.9 Å². The molecular formula is C16H20N4O6. The molecule has 0 radical (unpaired) electrons. The molecule has 26 heavy (non-hydrogen) atoms. The van der Waals surface area contributed by atoms with Crippen LogP contribution in [0.15, 0.2) is 23.3 Å². The molecule has 0 aromatic heterocycles.